The Morgan fingerprint density at radius 1 is 1.26 bits per heavy atom. The van der Waals surface area contributed by atoms with E-state index in [1.807, 2.05) is 12.1 Å². The summed E-state index contributed by atoms with van der Waals surface area (Å²) in [5, 5.41) is 3.41. The van der Waals surface area contributed by atoms with Crippen molar-refractivity contribution in [2.45, 2.75) is 19.8 Å². The average molecular weight is 443 g/mol. The molecule has 0 aliphatic carbocycles. The van der Waals surface area contributed by atoms with Crippen LogP contribution in [0.5, 0.6) is 11.6 Å². The maximum Gasteiger partial charge on any atom is 0.259 e. The lowest BCUT2D eigenvalue weighted by atomic mass is 10.2. The third-order valence-electron chi connectivity index (χ3n) is 5.02. The van der Waals surface area contributed by atoms with E-state index in [4.69, 9.17) is 14.2 Å². The lowest BCUT2D eigenvalue weighted by Crippen LogP contribution is -2.36. The summed E-state index contributed by atoms with van der Waals surface area (Å²) in [5.74, 6) is 0.933. The molecule has 1 aliphatic heterocycles. The van der Waals surface area contributed by atoms with Crippen LogP contribution in [0.15, 0.2) is 30.5 Å². The van der Waals surface area contributed by atoms with Gasteiger partial charge in [0, 0.05) is 25.4 Å². The molecule has 3 aromatic rings. The van der Waals surface area contributed by atoms with E-state index in [9.17, 15) is 4.79 Å². The van der Waals surface area contributed by atoms with Crippen molar-refractivity contribution in [2.24, 2.45) is 0 Å². The van der Waals surface area contributed by atoms with Crippen molar-refractivity contribution in [1.29, 1.82) is 0 Å². The number of ether oxygens (including phenoxy) is 3. The third-order valence-corrected chi connectivity index (χ3v) is 6.02. The second kappa shape index (κ2) is 9.93. The minimum atomic E-state index is -0.265. The number of aromatic nitrogens is 2. The lowest BCUT2D eigenvalue weighted by molar-refractivity contribution is 0.102. The summed E-state index contributed by atoms with van der Waals surface area (Å²) in [6.45, 7) is 5.75. The number of nitrogens with zero attached hydrogens (tertiary/aromatic N) is 3. The first kappa shape index (κ1) is 21.3. The van der Waals surface area contributed by atoms with Gasteiger partial charge in [-0.2, -0.15) is 0 Å². The molecule has 3 heterocycles. The second-order valence-electron chi connectivity index (χ2n) is 7.12. The Morgan fingerprint density at radius 2 is 2.10 bits per heavy atom. The number of hydrogen-bond donors (Lipinski definition) is 1. The summed E-state index contributed by atoms with van der Waals surface area (Å²) in [7, 11) is 1.62. The predicted molar refractivity (Wildman–Crippen MR) is 122 cm³/mol. The number of methoxy groups -OCH3 is 1. The maximum atomic E-state index is 12.7. The maximum absolute atomic E-state index is 12.7. The molecule has 0 saturated carbocycles. The van der Waals surface area contributed by atoms with Crippen LogP contribution in [0.3, 0.4) is 0 Å². The van der Waals surface area contributed by atoms with Gasteiger partial charge in [0.25, 0.3) is 5.91 Å². The molecule has 1 aromatic carbocycles. The normalized spacial score (nSPS) is 13.9. The lowest BCUT2D eigenvalue weighted by Gasteiger charge is -2.29. The zero-order valence-corrected chi connectivity index (χ0v) is 18.5. The smallest absolute Gasteiger partial charge is 0.259 e. The van der Waals surface area contributed by atoms with Gasteiger partial charge in [-0.25, -0.2) is 9.97 Å². The summed E-state index contributed by atoms with van der Waals surface area (Å²) in [6, 6.07) is 7.37. The summed E-state index contributed by atoms with van der Waals surface area (Å²) in [5.41, 5.74) is 2.26. The third kappa shape index (κ3) is 4.88. The Kier molecular flexibility index (Phi) is 6.83. The van der Waals surface area contributed by atoms with Gasteiger partial charge in [-0.3, -0.25) is 10.1 Å². The molecule has 0 bridgehead atoms. The van der Waals surface area contributed by atoms with Gasteiger partial charge in [0.2, 0.25) is 5.88 Å². The number of nitrogens with one attached hydrogen (secondary N) is 1. The van der Waals surface area contributed by atoms with Crippen molar-refractivity contribution < 1.29 is 19.0 Å². The van der Waals surface area contributed by atoms with E-state index in [2.05, 4.69) is 27.1 Å². The van der Waals surface area contributed by atoms with Gasteiger partial charge in [-0.15, -0.1) is 0 Å². The zero-order valence-electron chi connectivity index (χ0n) is 17.7. The van der Waals surface area contributed by atoms with Crippen LogP contribution in [-0.2, 0) is 4.74 Å². The summed E-state index contributed by atoms with van der Waals surface area (Å²) in [4.78, 5) is 23.8. The quantitative estimate of drug-likeness (QED) is 0.528. The number of carbonyl (C=O) groups excluding carboxylic acids is 1. The Labute approximate surface area is 185 Å². The highest BCUT2D eigenvalue weighted by molar-refractivity contribution is 7.23. The largest absolute Gasteiger partial charge is 0.494 e. The number of fused-ring (bicyclic) bond motifs is 1. The molecule has 2 aromatic heterocycles. The minimum Gasteiger partial charge on any atom is -0.494 e. The van der Waals surface area contributed by atoms with Crippen LogP contribution < -0.4 is 19.7 Å². The number of carbonyl (C=O) groups is 1. The molecule has 0 radical (unpaired) electrons. The van der Waals surface area contributed by atoms with Gasteiger partial charge in [0.1, 0.15) is 11.3 Å². The van der Waals surface area contributed by atoms with Crippen molar-refractivity contribution in [2.75, 3.05) is 50.2 Å². The highest BCUT2D eigenvalue weighted by Gasteiger charge is 2.20. The van der Waals surface area contributed by atoms with Crippen molar-refractivity contribution in [3.63, 3.8) is 0 Å². The molecule has 1 fully saturated rings. The Bertz CT molecular complexity index is 1030. The Balaban J connectivity index is 1.53. The molecule has 9 heteroatoms. The first-order valence-electron chi connectivity index (χ1n) is 10.4. The molecule has 4 rings (SSSR count). The highest BCUT2D eigenvalue weighted by atomic mass is 32.1. The molecular weight excluding hydrogens is 416 g/mol. The van der Waals surface area contributed by atoms with Crippen LogP contribution in [-0.4, -0.2) is 55.9 Å². The fraction of sp³-hybridized carbons (Fsp3) is 0.409. The van der Waals surface area contributed by atoms with Crippen LogP contribution in [0, 0.1) is 0 Å². The summed E-state index contributed by atoms with van der Waals surface area (Å²) >= 11 is 1.44. The van der Waals surface area contributed by atoms with E-state index in [-0.39, 0.29) is 5.91 Å². The van der Waals surface area contributed by atoms with Crippen molar-refractivity contribution in [3.8, 4) is 11.6 Å². The SMILES string of the molecule is CCCCOc1ccc(C(=O)Nc2nc3c(OC)ccc(N4CCOCC4)c3s2)cn1. The van der Waals surface area contributed by atoms with Gasteiger partial charge in [-0.05, 0) is 24.6 Å². The number of rotatable bonds is 8. The van der Waals surface area contributed by atoms with Crippen molar-refractivity contribution >= 4 is 38.3 Å². The fourth-order valence-electron chi connectivity index (χ4n) is 3.33. The molecule has 1 saturated heterocycles. The molecule has 1 aliphatic rings. The first-order chi connectivity index (χ1) is 15.2. The fourth-order valence-corrected chi connectivity index (χ4v) is 4.35. The van der Waals surface area contributed by atoms with E-state index in [0.717, 1.165) is 41.8 Å². The van der Waals surface area contributed by atoms with Gasteiger partial charge in [0.05, 0.1) is 42.9 Å². The van der Waals surface area contributed by atoms with E-state index in [1.54, 1.807) is 19.2 Å². The van der Waals surface area contributed by atoms with E-state index in [0.29, 0.717) is 42.1 Å². The summed E-state index contributed by atoms with van der Waals surface area (Å²) < 4.78 is 17.5. The van der Waals surface area contributed by atoms with E-state index >= 15 is 0 Å². The topological polar surface area (TPSA) is 85.8 Å². The minimum absolute atomic E-state index is 0.265. The number of morpholine rings is 1. The van der Waals surface area contributed by atoms with Crippen molar-refractivity contribution in [1.82, 2.24) is 9.97 Å². The number of thiazole rings is 1. The number of pyridine rings is 1. The Hall–Kier alpha value is -2.91. The highest BCUT2D eigenvalue weighted by Crippen LogP contribution is 2.39. The molecule has 0 atom stereocenters. The van der Waals surface area contributed by atoms with Gasteiger partial charge >= 0.3 is 0 Å². The number of benzene rings is 1. The number of amides is 1. The molecular formula is C22H26N4O4S. The molecule has 0 spiro atoms. The van der Waals surface area contributed by atoms with Crippen LogP contribution in [0.25, 0.3) is 10.2 Å². The monoisotopic (exact) mass is 442 g/mol. The average Bonchev–Trinajstić information content (AvgIpc) is 3.23. The van der Waals surface area contributed by atoms with Crippen LogP contribution in [0.1, 0.15) is 30.1 Å². The zero-order chi connectivity index (χ0) is 21.6. The van der Waals surface area contributed by atoms with Crippen LogP contribution in [0.2, 0.25) is 0 Å². The number of anilines is 2. The molecule has 1 N–H and O–H groups in total. The van der Waals surface area contributed by atoms with Gasteiger partial charge in [-0.1, -0.05) is 24.7 Å². The van der Waals surface area contributed by atoms with Gasteiger partial charge in [0.15, 0.2) is 5.13 Å². The molecule has 8 nitrogen and oxygen atoms in total. The number of unbranched alkanes of at least 4 members (excludes halogenated alkanes) is 1. The van der Waals surface area contributed by atoms with E-state index < -0.39 is 0 Å². The van der Waals surface area contributed by atoms with Crippen molar-refractivity contribution in [3.05, 3.63) is 36.0 Å². The molecule has 31 heavy (non-hydrogen) atoms. The first-order valence-corrected chi connectivity index (χ1v) is 11.2. The molecule has 0 unspecified atom stereocenters. The Morgan fingerprint density at radius 3 is 2.81 bits per heavy atom. The standard InChI is InChI=1S/C22H26N4O4S/c1-3-4-11-30-18-8-5-15(14-23-18)21(27)25-22-24-19-17(28-2)7-6-16(20(19)31-22)26-9-12-29-13-10-26/h5-8,14H,3-4,9-13H2,1-2H3,(H,24,25,27). The van der Waals surface area contributed by atoms with E-state index in [1.165, 1.54) is 17.5 Å². The van der Waals surface area contributed by atoms with Crippen LogP contribution in [0.4, 0.5) is 10.8 Å². The van der Waals surface area contributed by atoms with Gasteiger partial charge < -0.3 is 19.1 Å². The summed E-state index contributed by atoms with van der Waals surface area (Å²) in [6.07, 6.45) is 3.54. The number of hydrogen-bond acceptors (Lipinski definition) is 8. The molecule has 1 amide bonds. The second-order valence-corrected chi connectivity index (χ2v) is 8.12. The predicted octanol–water partition coefficient (Wildman–Crippen LogP) is 3.97. The van der Waals surface area contributed by atoms with Crippen LogP contribution >= 0.6 is 11.3 Å². The molecule has 164 valence electrons.